The molecule has 0 aromatic rings. The average Bonchev–Trinajstić information content (AvgIpc) is 2.66. The molecule has 1 heterocycles. The summed E-state index contributed by atoms with van der Waals surface area (Å²) in [5.74, 6) is 0. The van der Waals surface area contributed by atoms with Gasteiger partial charge in [0.05, 0.1) is 19.6 Å². The van der Waals surface area contributed by atoms with Gasteiger partial charge in [-0.25, -0.2) is 0 Å². The fraction of sp³-hybridized carbons (Fsp3) is 1.00. The average molecular weight is 218 g/mol. The molecule has 0 amide bonds. The standard InChI is InChI=1S/C10H22NO.HNO2/c1-3-7-11(10-12-4-2)8-5-6-9-11;2-1-3/h3-10H2,1-2H3;(H,2,3)/q+1;/p-1. The van der Waals surface area contributed by atoms with Gasteiger partial charge in [0.25, 0.3) is 0 Å². The van der Waals surface area contributed by atoms with Gasteiger partial charge in [0.15, 0.2) is 6.73 Å². The van der Waals surface area contributed by atoms with Crippen LogP contribution in [-0.2, 0) is 4.74 Å². The molecule has 0 aromatic heterocycles. The smallest absolute Gasteiger partial charge is 0.183 e. The van der Waals surface area contributed by atoms with Crippen LogP contribution in [0.5, 0.6) is 0 Å². The lowest BCUT2D eigenvalue weighted by Crippen LogP contribution is -2.47. The van der Waals surface area contributed by atoms with E-state index < -0.39 is 0 Å². The number of likely N-dealkylation sites (tertiary alicyclic amines) is 1. The van der Waals surface area contributed by atoms with E-state index in [0.29, 0.717) is 0 Å². The highest BCUT2D eigenvalue weighted by molar-refractivity contribution is 4.52. The van der Waals surface area contributed by atoms with Crippen LogP contribution in [0.2, 0.25) is 0 Å². The minimum Gasteiger partial charge on any atom is -0.444 e. The molecule has 1 aliphatic heterocycles. The van der Waals surface area contributed by atoms with Crippen LogP contribution in [-0.4, -0.2) is 37.5 Å². The molecule has 15 heavy (non-hydrogen) atoms. The van der Waals surface area contributed by atoms with E-state index >= 15 is 0 Å². The Hall–Kier alpha value is -0.680. The number of hydrogen-bond acceptors (Lipinski definition) is 4. The summed E-state index contributed by atoms with van der Waals surface area (Å²) >= 11 is 0. The van der Waals surface area contributed by atoms with Crippen molar-refractivity contribution in [2.45, 2.75) is 33.1 Å². The molecule has 5 nitrogen and oxygen atoms in total. The van der Waals surface area contributed by atoms with Crippen molar-refractivity contribution in [1.82, 2.24) is 0 Å². The third-order valence-electron chi connectivity index (χ3n) is 2.78. The number of nitrogens with zero attached hydrogens (tertiary/aromatic N) is 2. The first-order valence-corrected chi connectivity index (χ1v) is 5.62. The quantitative estimate of drug-likeness (QED) is 0.404. The lowest BCUT2D eigenvalue weighted by molar-refractivity contribution is -0.935. The van der Waals surface area contributed by atoms with Gasteiger partial charge < -0.3 is 19.3 Å². The molecule has 90 valence electrons. The Labute approximate surface area is 91.6 Å². The molecular formula is C10H22N2O3. The van der Waals surface area contributed by atoms with E-state index in [2.05, 4.69) is 13.8 Å². The Balaban J connectivity index is 0.000000583. The fourth-order valence-electron chi connectivity index (χ4n) is 2.18. The first-order chi connectivity index (χ1) is 7.24. The molecule has 1 aliphatic rings. The van der Waals surface area contributed by atoms with E-state index in [-0.39, 0.29) is 0 Å². The minimum atomic E-state index is 0.865. The predicted octanol–water partition coefficient (Wildman–Crippen LogP) is 2.25. The third kappa shape index (κ3) is 5.69. The molecule has 1 fully saturated rings. The normalized spacial score (nSPS) is 18.0. The van der Waals surface area contributed by atoms with Crippen LogP contribution in [0.4, 0.5) is 0 Å². The maximum atomic E-state index is 8.00. The highest BCUT2D eigenvalue weighted by Crippen LogP contribution is 2.19. The van der Waals surface area contributed by atoms with Gasteiger partial charge in [0.1, 0.15) is 0 Å². The first-order valence-electron chi connectivity index (χ1n) is 5.62. The molecular weight excluding hydrogens is 196 g/mol. The van der Waals surface area contributed by atoms with Crippen LogP contribution in [0.1, 0.15) is 33.1 Å². The molecule has 0 aromatic carbocycles. The molecule has 1 saturated heterocycles. The zero-order valence-corrected chi connectivity index (χ0v) is 9.78. The zero-order chi connectivity index (χ0) is 11.6. The summed E-state index contributed by atoms with van der Waals surface area (Å²) < 4.78 is 6.77. The van der Waals surface area contributed by atoms with Crippen molar-refractivity contribution in [2.24, 2.45) is 5.34 Å². The second-order valence-corrected chi connectivity index (χ2v) is 3.92. The van der Waals surface area contributed by atoms with E-state index in [1.165, 1.54) is 43.4 Å². The van der Waals surface area contributed by atoms with Crippen LogP contribution in [0, 0.1) is 10.1 Å². The van der Waals surface area contributed by atoms with Gasteiger partial charge in [-0.3, -0.25) is 0 Å². The molecule has 0 atom stereocenters. The predicted molar refractivity (Wildman–Crippen MR) is 60.0 cm³/mol. The second kappa shape index (κ2) is 8.61. The summed E-state index contributed by atoms with van der Waals surface area (Å²) in [6.07, 6.45) is 4.08. The molecule has 0 radical (unpaired) electrons. The van der Waals surface area contributed by atoms with Gasteiger partial charge in [0.2, 0.25) is 0 Å². The lowest BCUT2D eigenvalue weighted by Gasteiger charge is -2.33. The molecule has 5 heteroatoms. The van der Waals surface area contributed by atoms with Crippen LogP contribution in [0.25, 0.3) is 0 Å². The van der Waals surface area contributed by atoms with Crippen LogP contribution < -0.4 is 0 Å². The van der Waals surface area contributed by atoms with Crippen LogP contribution in [0.15, 0.2) is 5.34 Å². The van der Waals surface area contributed by atoms with E-state index in [9.17, 15) is 0 Å². The van der Waals surface area contributed by atoms with E-state index in [0.717, 1.165) is 18.7 Å². The highest BCUT2D eigenvalue weighted by Gasteiger charge is 2.30. The summed E-state index contributed by atoms with van der Waals surface area (Å²) in [6.45, 7) is 10.2. The van der Waals surface area contributed by atoms with E-state index in [1.807, 2.05) is 0 Å². The summed E-state index contributed by atoms with van der Waals surface area (Å²) in [4.78, 5) is 8.00. The summed E-state index contributed by atoms with van der Waals surface area (Å²) in [5, 5.41) is 9.00. The van der Waals surface area contributed by atoms with Gasteiger partial charge in [-0.2, -0.15) is 0 Å². The van der Waals surface area contributed by atoms with Gasteiger partial charge >= 0.3 is 0 Å². The van der Waals surface area contributed by atoms with Gasteiger partial charge in [-0.15, -0.1) is 5.34 Å². The van der Waals surface area contributed by atoms with E-state index in [1.54, 1.807) is 0 Å². The SMILES string of the molecule is CCC[N+]1(COCC)CCCC1.O=N[O-]. The van der Waals surface area contributed by atoms with E-state index in [4.69, 9.17) is 14.9 Å². The Morgan fingerprint density at radius 1 is 1.33 bits per heavy atom. The van der Waals surface area contributed by atoms with Crippen molar-refractivity contribution in [3.05, 3.63) is 10.1 Å². The van der Waals surface area contributed by atoms with Crippen LogP contribution in [0.3, 0.4) is 0 Å². The molecule has 0 saturated carbocycles. The molecule has 0 N–H and O–H groups in total. The fourth-order valence-corrected chi connectivity index (χ4v) is 2.18. The number of quaternary nitrogens is 1. The van der Waals surface area contributed by atoms with Crippen molar-refractivity contribution < 1.29 is 9.22 Å². The third-order valence-corrected chi connectivity index (χ3v) is 2.78. The summed E-state index contributed by atoms with van der Waals surface area (Å²) in [7, 11) is 0. The minimum absolute atomic E-state index is 0.865. The van der Waals surface area contributed by atoms with Crippen molar-refractivity contribution >= 4 is 0 Å². The van der Waals surface area contributed by atoms with Gasteiger partial charge in [-0.1, -0.05) is 6.92 Å². The molecule has 0 aliphatic carbocycles. The molecule has 0 bridgehead atoms. The van der Waals surface area contributed by atoms with Crippen molar-refractivity contribution in [3.63, 3.8) is 0 Å². The maximum Gasteiger partial charge on any atom is 0.183 e. The van der Waals surface area contributed by atoms with Gasteiger partial charge in [0, 0.05) is 19.4 Å². The van der Waals surface area contributed by atoms with Crippen molar-refractivity contribution in [1.29, 1.82) is 0 Å². The molecule has 0 unspecified atom stereocenters. The zero-order valence-electron chi connectivity index (χ0n) is 9.78. The Kier molecular flexibility index (Phi) is 8.22. The van der Waals surface area contributed by atoms with Crippen LogP contribution >= 0.6 is 0 Å². The number of hydrogen-bond donors (Lipinski definition) is 0. The lowest BCUT2D eigenvalue weighted by atomic mass is 10.4. The van der Waals surface area contributed by atoms with Gasteiger partial charge in [-0.05, 0) is 13.3 Å². The van der Waals surface area contributed by atoms with Crippen molar-refractivity contribution in [3.8, 4) is 0 Å². The monoisotopic (exact) mass is 218 g/mol. The second-order valence-electron chi connectivity index (χ2n) is 3.92. The molecule has 1 rings (SSSR count). The first kappa shape index (κ1) is 14.3. The summed E-state index contributed by atoms with van der Waals surface area (Å²) in [5.41, 5.74) is 0. The summed E-state index contributed by atoms with van der Waals surface area (Å²) in [6, 6.07) is 0. The number of ether oxygens (including phenoxy) is 1. The number of rotatable bonds is 5. The molecule has 0 spiro atoms. The Bertz CT molecular complexity index is 159. The topological polar surface area (TPSA) is 61.7 Å². The largest absolute Gasteiger partial charge is 0.444 e. The Morgan fingerprint density at radius 2 is 1.87 bits per heavy atom. The van der Waals surface area contributed by atoms with Crippen molar-refractivity contribution in [2.75, 3.05) is 33.0 Å². The maximum absolute atomic E-state index is 8.00. The highest BCUT2D eigenvalue weighted by atomic mass is 16.6. The Morgan fingerprint density at radius 3 is 2.27 bits per heavy atom.